The average Bonchev–Trinajstić information content (AvgIpc) is 2.70. The van der Waals surface area contributed by atoms with E-state index < -0.39 is 62.1 Å². The number of aliphatic hydroxyl groups excluding tert-OH is 5. The van der Waals surface area contributed by atoms with Crippen molar-refractivity contribution in [1.29, 1.82) is 0 Å². The summed E-state index contributed by atoms with van der Waals surface area (Å²) in [6, 6.07) is 0. The fraction of sp³-hybridized carbons (Fsp3) is 0.800. The van der Waals surface area contributed by atoms with Gasteiger partial charge in [0.15, 0.2) is 12.2 Å². The highest BCUT2D eigenvalue weighted by atomic mass is 16.6. The monoisotopic (exact) mass is 280 g/mol. The van der Waals surface area contributed by atoms with E-state index in [4.69, 9.17) is 20.1 Å². The summed E-state index contributed by atoms with van der Waals surface area (Å²) in [6.07, 6.45) is -7.28. The molecule has 0 spiro atoms. The summed E-state index contributed by atoms with van der Waals surface area (Å²) in [5, 5.41) is 45.1. The first-order chi connectivity index (χ1) is 8.92. The zero-order chi connectivity index (χ0) is 14.6. The molecule has 5 N–H and O–H groups in total. The van der Waals surface area contributed by atoms with E-state index in [1.807, 2.05) is 0 Å². The predicted molar refractivity (Wildman–Crippen MR) is 56.8 cm³/mol. The van der Waals surface area contributed by atoms with Crippen LogP contribution in [-0.2, 0) is 19.1 Å². The number of ketones is 1. The van der Waals surface area contributed by atoms with Crippen molar-refractivity contribution in [3.8, 4) is 0 Å². The van der Waals surface area contributed by atoms with Gasteiger partial charge in [0, 0.05) is 0 Å². The zero-order valence-electron chi connectivity index (χ0n) is 9.88. The minimum Gasteiger partial charge on any atom is -0.450 e. The molecule has 110 valence electrons. The number of hydrogen-bond donors (Lipinski definition) is 5. The maximum atomic E-state index is 11.4. The van der Waals surface area contributed by atoms with Gasteiger partial charge in [-0.2, -0.15) is 0 Å². The molecule has 0 aromatic heterocycles. The van der Waals surface area contributed by atoms with Crippen molar-refractivity contribution in [3.63, 3.8) is 0 Å². The quantitative estimate of drug-likeness (QED) is 0.231. The van der Waals surface area contributed by atoms with Crippen molar-refractivity contribution in [2.75, 3.05) is 19.8 Å². The molecule has 1 saturated heterocycles. The molecule has 9 nitrogen and oxygen atoms in total. The summed E-state index contributed by atoms with van der Waals surface area (Å²) in [6.45, 7) is -2.00. The van der Waals surface area contributed by atoms with Crippen LogP contribution in [0.25, 0.3) is 0 Å². The maximum Gasteiger partial charge on any atom is 0.378 e. The molecule has 0 aromatic carbocycles. The van der Waals surface area contributed by atoms with E-state index in [1.54, 1.807) is 0 Å². The maximum absolute atomic E-state index is 11.4. The lowest BCUT2D eigenvalue weighted by atomic mass is 10.1. The van der Waals surface area contributed by atoms with Gasteiger partial charge in [-0.1, -0.05) is 0 Å². The molecule has 0 saturated carbocycles. The Morgan fingerprint density at radius 1 is 1.11 bits per heavy atom. The lowest BCUT2D eigenvalue weighted by molar-refractivity contribution is -0.152. The van der Waals surface area contributed by atoms with Crippen LogP contribution < -0.4 is 0 Å². The summed E-state index contributed by atoms with van der Waals surface area (Å²) in [7, 11) is 0. The van der Waals surface area contributed by atoms with Crippen LogP contribution in [0.3, 0.4) is 0 Å². The third-order valence-corrected chi connectivity index (χ3v) is 2.65. The molecule has 19 heavy (non-hydrogen) atoms. The normalized spacial score (nSPS) is 28.1. The molecule has 1 heterocycles. The molecule has 0 aliphatic carbocycles. The van der Waals surface area contributed by atoms with Crippen molar-refractivity contribution < 1.29 is 44.6 Å². The van der Waals surface area contributed by atoms with Crippen LogP contribution in [0.15, 0.2) is 0 Å². The van der Waals surface area contributed by atoms with Crippen LogP contribution in [0.1, 0.15) is 0 Å². The van der Waals surface area contributed by atoms with E-state index in [1.165, 1.54) is 0 Å². The van der Waals surface area contributed by atoms with Crippen LogP contribution in [0.4, 0.5) is 0 Å². The number of Topliss-reactive ketones (excluding diaryl/α,β-unsaturated/α-hetero) is 1. The van der Waals surface area contributed by atoms with E-state index in [0.29, 0.717) is 0 Å². The molecule has 1 aliphatic heterocycles. The van der Waals surface area contributed by atoms with Gasteiger partial charge < -0.3 is 35.0 Å². The Morgan fingerprint density at radius 2 is 1.74 bits per heavy atom. The van der Waals surface area contributed by atoms with Crippen molar-refractivity contribution in [2.45, 2.75) is 30.5 Å². The van der Waals surface area contributed by atoms with Crippen LogP contribution in [0.5, 0.6) is 0 Å². The molecular weight excluding hydrogens is 264 g/mol. The highest BCUT2D eigenvalue weighted by Crippen LogP contribution is 2.19. The molecule has 1 aliphatic rings. The topological polar surface area (TPSA) is 154 Å². The van der Waals surface area contributed by atoms with Crippen LogP contribution in [0, 0.1) is 0 Å². The number of rotatable bonds is 7. The third kappa shape index (κ3) is 3.69. The fourth-order valence-electron chi connectivity index (χ4n) is 1.50. The summed E-state index contributed by atoms with van der Waals surface area (Å²) >= 11 is 0. The first-order valence-electron chi connectivity index (χ1n) is 5.54. The van der Waals surface area contributed by atoms with Crippen molar-refractivity contribution >= 4 is 11.8 Å². The molecule has 1 fully saturated rings. The van der Waals surface area contributed by atoms with Gasteiger partial charge in [0.05, 0.1) is 19.8 Å². The zero-order valence-corrected chi connectivity index (χ0v) is 9.88. The van der Waals surface area contributed by atoms with Crippen molar-refractivity contribution in [2.24, 2.45) is 0 Å². The van der Waals surface area contributed by atoms with Gasteiger partial charge in [-0.15, -0.1) is 0 Å². The standard InChI is InChI=1S/C10H16O9/c11-1-4(13)6(15)3-18-9-7(16)10(17)19-8(9)5(14)2-12/h4-6,8-9,11-15H,1-3H2/t4-,5+,6+,8-,9?/m1/s1. The van der Waals surface area contributed by atoms with Gasteiger partial charge >= 0.3 is 5.97 Å². The minimum atomic E-state index is -1.50. The Hall–Kier alpha value is -1.10. The Kier molecular flexibility index (Phi) is 5.79. The highest BCUT2D eigenvalue weighted by molar-refractivity contribution is 6.37. The van der Waals surface area contributed by atoms with Crippen LogP contribution in [0.2, 0.25) is 0 Å². The fourth-order valence-corrected chi connectivity index (χ4v) is 1.50. The summed E-state index contributed by atoms with van der Waals surface area (Å²) in [4.78, 5) is 22.5. The third-order valence-electron chi connectivity index (χ3n) is 2.65. The molecule has 0 amide bonds. The molecule has 1 unspecified atom stereocenters. The van der Waals surface area contributed by atoms with Crippen LogP contribution >= 0.6 is 0 Å². The number of carbonyl (C=O) groups is 2. The number of carbonyl (C=O) groups excluding carboxylic acids is 2. The lowest BCUT2D eigenvalue weighted by Crippen LogP contribution is -2.43. The molecule has 0 bridgehead atoms. The second-order valence-corrected chi connectivity index (χ2v) is 4.06. The molecular formula is C10H16O9. The number of ether oxygens (including phenoxy) is 2. The van der Waals surface area contributed by atoms with Gasteiger partial charge in [-0.3, -0.25) is 4.79 Å². The SMILES string of the molecule is O=C1O[C@H]([C@@H](O)CO)C(OC[C@H](O)[C@H](O)CO)C1=O. The minimum absolute atomic E-state index is 0.552. The number of hydrogen-bond acceptors (Lipinski definition) is 9. The first-order valence-corrected chi connectivity index (χ1v) is 5.54. The van der Waals surface area contributed by atoms with E-state index in [9.17, 15) is 19.8 Å². The van der Waals surface area contributed by atoms with Crippen LogP contribution in [-0.4, -0.2) is 87.6 Å². The van der Waals surface area contributed by atoms with E-state index in [-0.39, 0.29) is 0 Å². The van der Waals surface area contributed by atoms with E-state index in [2.05, 4.69) is 4.74 Å². The first kappa shape index (κ1) is 16.0. The highest BCUT2D eigenvalue weighted by Gasteiger charge is 2.48. The summed E-state index contributed by atoms with van der Waals surface area (Å²) in [5.41, 5.74) is 0. The van der Waals surface area contributed by atoms with Gasteiger partial charge in [0.2, 0.25) is 0 Å². The van der Waals surface area contributed by atoms with Gasteiger partial charge in [-0.05, 0) is 0 Å². The predicted octanol–water partition coefficient (Wildman–Crippen LogP) is -4.07. The molecule has 0 aromatic rings. The molecule has 9 heteroatoms. The largest absolute Gasteiger partial charge is 0.450 e. The van der Waals surface area contributed by atoms with E-state index in [0.717, 1.165) is 0 Å². The Balaban J connectivity index is 2.62. The second-order valence-electron chi connectivity index (χ2n) is 4.06. The lowest BCUT2D eigenvalue weighted by Gasteiger charge is -2.22. The second kappa shape index (κ2) is 6.89. The average molecular weight is 280 g/mol. The Morgan fingerprint density at radius 3 is 2.26 bits per heavy atom. The van der Waals surface area contributed by atoms with E-state index >= 15 is 0 Å². The van der Waals surface area contributed by atoms with Gasteiger partial charge in [0.25, 0.3) is 5.78 Å². The van der Waals surface area contributed by atoms with Gasteiger partial charge in [-0.25, -0.2) is 4.79 Å². The molecule has 1 rings (SSSR count). The van der Waals surface area contributed by atoms with Crippen molar-refractivity contribution in [3.05, 3.63) is 0 Å². The summed E-state index contributed by atoms with van der Waals surface area (Å²) in [5.74, 6) is -2.26. The number of cyclic esters (lactones) is 1. The summed E-state index contributed by atoms with van der Waals surface area (Å²) < 4.78 is 9.46. The number of aliphatic hydroxyl groups is 5. The van der Waals surface area contributed by atoms with Gasteiger partial charge in [0.1, 0.15) is 18.3 Å². The smallest absolute Gasteiger partial charge is 0.378 e. The molecule has 0 radical (unpaired) electrons. The Labute approximate surface area is 108 Å². The van der Waals surface area contributed by atoms with Crippen molar-refractivity contribution in [1.82, 2.24) is 0 Å². The Bertz CT molecular complexity index is 331. The molecule has 5 atom stereocenters. The number of esters is 1.